The molecule has 1 unspecified atom stereocenters. The Kier molecular flexibility index (Phi) is 6.61. The number of anilines is 1. The maximum absolute atomic E-state index is 12.3. The van der Waals surface area contributed by atoms with Crippen molar-refractivity contribution < 1.29 is 19.1 Å². The van der Waals surface area contributed by atoms with Gasteiger partial charge >= 0.3 is 11.8 Å². The minimum Gasteiger partial charge on any atom is -0.495 e. The molecule has 0 saturated heterocycles. The Balaban J connectivity index is 1.65. The molecule has 2 N–H and O–H groups in total. The number of likely N-dealkylation sites (N-methyl/N-ethyl adjacent to an activating group) is 1. The number of benzene rings is 2. The number of halogens is 1. The minimum absolute atomic E-state index is 0.0849. The Bertz CT molecular complexity index is 917. The van der Waals surface area contributed by atoms with Gasteiger partial charge in [0.05, 0.1) is 25.4 Å². The van der Waals surface area contributed by atoms with Crippen molar-refractivity contribution in [3.05, 3.63) is 52.5 Å². The van der Waals surface area contributed by atoms with Crippen LogP contribution in [0.2, 0.25) is 5.02 Å². The van der Waals surface area contributed by atoms with Crippen molar-refractivity contribution in [1.29, 1.82) is 0 Å². The molecule has 1 atom stereocenters. The van der Waals surface area contributed by atoms with Crippen LogP contribution in [0.1, 0.15) is 17.2 Å². The van der Waals surface area contributed by atoms with E-state index in [1.54, 1.807) is 12.1 Å². The van der Waals surface area contributed by atoms with E-state index >= 15 is 0 Å². The van der Waals surface area contributed by atoms with Crippen molar-refractivity contribution in [3.8, 4) is 11.5 Å². The summed E-state index contributed by atoms with van der Waals surface area (Å²) in [6, 6.07) is 10.7. The zero-order valence-electron chi connectivity index (χ0n) is 16.6. The summed E-state index contributed by atoms with van der Waals surface area (Å²) in [6.45, 7) is 0.973. The molecule has 0 bridgehead atoms. The summed E-state index contributed by atoms with van der Waals surface area (Å²) in [5, 5.41) is 5.67. The van der Waals surface area contributed by atoms with Gasteiger partial charge in [0.1, 0.15) is 11.5 Å². The summed E-state index contributed by atoms with van der Waals surface area (Å²) in [4.78, 5) is 26.7. The third kappa shape index (κ3) is 4.99. The van der Waals surface area contributed by atoms with Crippen LogP contribution in [0.25, 0.3) is 0 Å². The molecule has 0 fully saturated rings. The van der Waals surface area contributed by atoms with Crippen molar-refractivity contribution in [3.63, 3.8) is 0 Å². The summed E-state index contributed by atoms with van der Waals surface area (Å²) in [5.41, 5.74) is 2.55. The summed E-state index contributed by atoms with van der Waals surface area (Å²) in [5.74, 6) is -0.194. The van der Waals surface area contributed by atoms with Gasteiger partial charge in [-0.15, -0.1) is 0 Å². The Morgan fingerprint density at radius 2 is 2.00 bits per heavy atom. The van der Waals surface area contributed by atoms with E-state index in [0.717, 1.165) is 23.3 Å². The van der Waals surface area contributed by atoms with Crippen LogP contribution in [0.15, 0.2) is 36.4 Å². The smallest absolute Gasteiger partial charge is 0.313 e. The van der Waals surface area contributed by atoms with Crippen LogP contribution >= 0.6 is 11.6 Å². The fourth-order valence-electron chi connectivity index (χ4n) is 3.24. The van der Waals surface area contributed by atoms with Gasteiger partial charge in [-0.3, -0.25) is 9.59 Å². The predicted octanol–water partition coefficient (Wildman–Crippen LogP) is 2.64. The maximum atomic E-state index is 12.3. The topological polar surface area (TPSA) is 79.9 Å². The average molecular weight is 418 g/mol. The van der Waals surface area contributed by atoms with Gasteiger partial charge in [0.15, 0.2) is 0 Å². The van der Waals surface area contributed by atoms with Gasteiger partial charge in [-0.05, 0) is 49.5 Å². The highest BCUT2D eigenvalue weighted by Gasteiger charge is 2.22. The molecule has 2 amide bonds. The van der Waals surface area contributed by atoms with E-state index in [9.17, 15) is 9.59 Å². The summed E-state index contributed by atoms with van der Waals surface area (Å²) in [6.07, 6.45) is 0.875. The predicted molar refractivity (Wildman–Crippen MR) is 112 cm³/mol. The molecular weight excluding hydrogens is 394 g/mol. The zero-order valence-corrected chi connectivity index (χ0v) is 17.4. The lowest BCUT2D eigenvalue weighted by atomic mass is 10.0. The zero-order chi connectivity index (χ0) is 21.0. The first-order valence-corrected chi connectivity index (χ1v) is 9.61. The molecule has 1 aliphatic heterocycles. The second kappa shape index (κ2) is 9.15. The van der Waals surface area contributed by atoms with Gasteiger partial charge in [-0.1, -0.05) is 23.7 Å². The largest absolute Gasteiger partial charge is 0.495 e. The van der Waals surface area contributed by atoms with Crippen LogP contribution in [0.5, 0.6) is 11.5 Å². The molecule has 0 radical (unpaired) electrons. The Morgan fingerprint density at radius 3 is 2.72 bits per heavy atom. The van der Waals surface area contributed by atoms with Crippen LogP contribution in [0.3, 0.4) is 0 Å². The first kappa shape index (κ1) is 21.0. The van der Waals surface area contributed by atoms with Crippen LogP contribution in [0, 0.1) is 0 Å². The number of amides is 2. The standard InChI is InChI=1S/C21H24ClN3O4/c1-25(2)17(13-4-6-18-14(10-13)8-9-29-18)12-23-20(26)21(27)24-16-11-15(22)5-7-19(16)28-3/h4-7,10-11,17H,8-9,12H2,1-3H3,(H,23,26)(H,24,27). The number of nitrogens with one attached hydrogen (secondary N) is 2. The normalized spacial score (nSPS) is 13.4. The molecule has 0 spiro atoms. The third-order valence-electron chi connectivity index (χ3n) is 4.79. The van der Waals surface area contributed by atoms with E-state index < -0.39 is 11.8 Å². The quantitative estimate of drug-likeness (QED) is 0.706. The monoisotopic (exact) mass is 417 g/mol. The first-order valence-electron chi connectivity index (χ1n) is 9.24. The molecule has 0 aliphatic carbocycles. The van der Waals surface area contributed by atoms with Crippen molar-refractivity contribution in [2.45, 2.75) is 12.5 Å². The van der Waals surface area contributed by atoms with Gasteiger partial charge < -0.3 is 25.0 Å². The Hall–Kier alpha value is -2.77. The van der Waals surface area contributed by atoms with Crippen molar-refractivity contribution in [1.82, 2.24) is 10.2 Å². The van der Waals surface area contributed by atoms with Gasteiger partial charge in [-0.25, -0.2) is 0 Å². The molecule has 154 valence electrons. The fraction of sp³-hybridized carbons (Fsp3) is 0.333. The highest BCUT2D eigenvalue weighted by Crippen LogP contribution is 2.30. The van der Waals surface area contributed by atoms with E-state index in [4.69, 9.17) is 21.1 Å². The van der Waals surface area contributed by atoms with Gasteiger partial charge in [0.2, 0.25) is 0 Å². The number of ether oxygens (including phenoxy) is 2. The lowest BCUT2D eigenvalue weighted by Crippen LogP contribution is -2.40. The molecule has 1 heterocycles. The lowest BCUT2D eigenvalue weighted by Gasteiger charge is -2.25. The fourth-order valence-corrected chi connectivity index (χ4v) is 3.41. The highest BCUT2D eigenvalue weighted by molar-refractivity contribution is 6.40. The number of fused-ring (bicyclic) bond motifs is 1. The van der Waals surface area contributed by atoms with Gasteiger partial charge in [0.25, 0.3) is 0 Å². The number of hydrogen-bond donors (Lipinski definition) is 2. The molecule has 0 aromatic heterocycles. The van der Waals surface area contributed by atoms with E-state index in [0.29, 0.717) is 23.1 Å². The van der Waals surface area contributed by atoms with E-state index in [-0.39, 0.29) is 12.6 Å². The molecule has 3 rings (SSSR count). The maximum Gasteiger partial charge on any atom is 0.313 e. The second-order valence-corrected chi connectivity index (χ2v) is 7.39. The summed E-state index contributed by atoms with van der Waals surface area (Å²) >= 11 is 5.96. The van der Waals surface area contributed by atoms with Gasteiger partial charge in [-0.2, -0.15) is 0 Å². The molecule has 8 heteroatoms. The number of methoxy groups -OCH3 is 1. The summed E-state index contributed by atoms with van der Waals surface area (Å²) in [7, 11) is 5.33. The average Bonchev–Trinajstić information content (AvgIpc) is 3.15. The molecular formula is C21H24ClN3O4. The molecule has 2 aromatic carbocycles. The number of rotatable bonds is 6. The van der Waals surface area contributed by atoms with E-state index in [2.05, 4.69) is 16.7 Å². The van der Waals surface area contributed by atoms with Crippen molar-refractivity contribution in [2.24, 2.45) is 0 Å². The number of carbonyl (C=O) groups is 2. The SMILES string of the molecule is COc1ccc(Cl)cc1NC(=O)C(=O)NCC(c1ccc2c(c1)CCO2)N(C)C. The number of carbonyl (C=O) groups excluding carboxylic acids is 2. The van der Waals surface area contributed by atoms with Gasteiger partial charge in [0, 0.05) is 18.0 Å². The van der Waals surface area contributed by atoms with Crippen LogP contribution in [-0.2, 0) is 16.0 Å². The van der Waals surface area contributed by atoms with E-state index in [1.165, 1.54) is 13.2 Å². The minimum atomic E-state index is -0.787. The molecule has 29 heavy (non-hydrogen) atoms. The lowest BCUT2D eigenvalue weighted by molar-refractivity contribution is -0.136. The summed E-state index contributed by atoms with van der Waals surface area (Å²) < 4.78 is 10.7. The van der Waals surface area contributed by atoms with E-state index in [1.807, 2.05) is 31.1 Å². The Labute approximate surface area is 174 Å². The van der Waals surface area contributed by atoms with Crippen molar-refractivity contribution in [2.75, 3.05) is 39.7 Å². The van der Waals surface area contributed by atoms with Crippen LogP contribution < -0.4 is 20.1 Å². The molecule has 7 nitrogen and oxygen atoms in total. The molecule has 1 aliphatic rings. The third-order valence-corrected chi connectivity index (χ3v) is 5.03. The first-order chi connectivity index (χ1) is 13.9. The van der Waals surface area contributed by atoms with Crippen LogP contribution in [-0.4, -0.2) is 51.1 Å². The van der Waals surface area contributed by atoms with Crippen molar-refractivity contribution >= 4 is 29.1 Å². The second-order valence-electron chi connectivity index (χ2n) is 6.95. The Morgan fingerprint density at radius 1 is 1.21 bits per heavy atom. The molecule has 0 saturated carbocycles. The highest BCUT2D eigenvalue weighted by atomic mass is 35.5. The number of hydrogen-bond acceptors (Lipinski definition) is 5. The van der Waals surface area contributed by atoms with Crippen LogP contribution in [0.4, 0.5) is 5.69 Å². The molecule has 2 aromatic rings. The number of nitrogens with zero attached hydrogens (tertiary/aromatic N) is 1.